The summed E-state index contributed by atoms with van der Waals surface area (Å²) in [5.41, 5.74) is 0. The standard InChI is InChI=1S/C12H27N3O3S/c1-11(2)14(3)9-6-13-19(17,18)15-7-4-12(10-16)5-8-15/h11-13,16H,4-10H2,1-3H3. The highest BCUT2D eigenvalue weighted by molar-refractivity contribution is 7.87. The Morgan fingerprint density at radius 3 is 2.42 bits per heavy atom. The van der Waals surface area contributed by atoms with Crippen LogP contribution in [0.3, 0.4) is 0 Å². The molecule has 1 heterocycles. The maximum Gasteiger partial charge on any atom is 0.279 e. The summed E-state index contributed by atoms with van der Waals surface area (Å²) in [7, 11) is -1.38. The maximum absolute atomic E-state index is 12.1. The van der Waals surface area contributed by atoms with Gasteiger partial charge in [-0.2, -0.15) is 12.7 Å². The van der Waals surface area contributed by atoms with Gasteiger partial charge in [0.25, 0.3) is 10.2 Å². The Labute approximate surface area is 117 Å². The van der Waals surface area contributed by atoms with Crippen LogP contribution >= 0.6 is 0 Å². The van der Waals surface area contributed by atoms with Gasteiger partial charge in [0.1, 0.15) is 0 Å². The molecule has 0 amide bonds. The van der Waals surface area contributed by atoms with E-state index in [1.54, 1.807) is 0 Å². The minimum absolute atomic E-state index is 0.153. The van der Waals surface area contributed by atoms with Gasteiger partial charge in [0, 0.05) is 38.8 Å². The van der Waals surface area contributed by atoms with Crippen molar-refractivity contribution in [1.29, 1.82) is 0 Å². The molecular formula is C12H27N3O3S. The number of piperidine rings is 1. The predicted octanol–water partition coefficient (Wildman–Crippen LogP) is -0.135. The molecule has 0 aromatic heterocycles. The summed E-state index contributed by atoms with van der Waals surface area (Å²) in [6.07, 6.45) is 1.48. The van der Waals surface area contributed by atoms with Gasteiger partial charge in [-0.05, 0) is 39.7 Å². The minimum Gasteiger partial charge on any atom is -0.396 e. The van der Waals surface area contributed by atoms with Crippen molar-refractivity contribution in [3.05, 3.63) is 0 Å². The van der Waals surface area contributed by atoms with E-state index in [9.17, 15) is 8.42 Å². The van der Waals surface area contributed by atoms with Crippen LogP contribution in [0, 0.1) is 5.92 Å². The fourth-order valence-corrected chi connectivity index (χ4v) is 3.26. The Balaban J connectivity index is 2.36. The first-order valence-corrected chi connectivity index (χ1v) is 8.36. The summed E-state index contributed by atoms with van der Waals surface area (Å²) in [6.45, 7) is 6.44. The van der Waals surface area contributed by atoms with Crippen molar-refractivity contribution < 1.29 is 13.5 Å². The summed E-state index contributed by atoms with van der Waals surface area (Å²) in [4.78, 5) is 2.10. The Morgan fingerprint density at radius 1 is 1.37 bits per heavy atom. The van der Waals surface area contributed by atoms with Crippen LogP contribution in [-0.2, 0) is 10.2 Å². The van der Waals surface area contributed by atoms with E-state index in [-0.39, 0.29) is 12.5 Å². The largest absolute Gasteiger partial charge is 0.396 e. The second-order valence-electron chi connectivity index (χ2n) is 5.50. The van der Waals surface area contributed by atoms with Gasteiger partial charge in [0.05, 0.1) is 0 Å². The topological polar surface area (TPSA) is 72.9 Å². The lowest BCUT2D eigenvalue weighted by atomic mass is 10.00. The van der Waals surface area contributed by atoms with Gasteiger partial charge < -0.3 is 10.0 Å². The number of likely N-dealkylation sites (N-methyl/N-ethyl adjacent to an activating group) is 1. The van der Waals surface area contributed by atoms with E-state index in [2.05, 4.69) is 23.5 Å². The monoisotopic (exact) mass is 293 g/mol. The van der Waals surface area contributed by atoms with E-state index >= 15 is 0 Å². The Kier molecular flexibility index (Phi) is 6.68. The number of hydrogen-bond acceptors (Lipinski definition) is 4. The van der Waals surface area contributed by atoms with Crippen LogP contribution in [0.1, 0.15) is 26.7 Å². The van der Waals surface area contributed by atoms with Crippen LogP contribution in [0.5, 0.6) is 0 Å². The summed E-state index contributed by atoms with van der Waals surface area (Å²) < 4.78 is 28.3. The van der Waals surface area contributed by atoms with Crippen molar-refractivity contribution in [2.75, 3.05) is 39.8 Å². The van der Waals surface area contributed by atoms with Crippen LogP contribution in [0.15, 0.2) is 0 Å². The normalized spacial score (nSPS) is 19.5. The van der Waals surface area contributed by atoms with E-state index < -0.39 is 10.2 Å². The van der Waals surface area contributed by atoms with Crippen molar-refractivity contribution in [3.8, 4) is 0 Å². The van der Waals surface area contributed by atoms with Gasteiger partial charge in [-0.15, -0.1) is 0 Å². The summed E-state index contributed by atoms with van der Waals surface area (Å²) >= 11 is 0. The molecule has 19 heavy (non-hydrogen) atoms. The molecule has 114 valence electrons. The molecule has 0 radical (unpaired) electrons. The molecule has 2 N–H and O–H groups in total. The molecule has 1 aliphatic rings. The molecule has 0 atom stereocenters. The second kappa shape index (κ2) is 7.54. The number of rotatable bonds is 7. The van der Waals surface area contributed by atoms with Crippen molar-refractivity contribution in [3.63, 3.8) is 0 Å². The lowest BCUT2D eigenvalue weighted by Crippen LogP contribution is -2.47. The molecule has 6 nitrogen and oxygen atoms in total. The Hall–Kier alpha value is -0.210. The molecule has 1 aliphatic heterocycles. The molecule has 1 saturated heterocycles. The van der Waals surface area contributed by atoms with E-state index in [0.717, 1.165) is 12.8 Å². The lowest BCUT2D eigenvalue weighted by molar-refractivity contribution is 0.169. The quantitative estimate of drug-likeness (QED) is 0.685. The number of hydrogen-bond donors (Lipinski definition) is 2. The smallest absolute Gasteiger partial charge is 0.279 e. The van der Waals surface area contributed by atoms with Crippen LogP contribution < -0.4 is 4.72 Å². The third kappa shape index (κ3) is 5.35. The zero-order valence-electron chi connectivity index (χ0n) is 12.2. The molecule has 0 unspecified atom stereocenters. The molecule has 1 fully saturated rings. The van der Waals surface area contributed by atoms with E-state index in [4.69, 9.17) is 5.11 Å². The average molecular weight is 293 g/mol. The second-order valence-corrected chi connectivity index (χ2v) is 7.25. The zero-order chi connectivity index (χ0) is 14.5. The van der Waals surface area contributed by atoms with Gasteiger partial charge in [0.15, 0.2) is 0 Å². The summed E-state index contributed by atoms with van der Waals surface area (Å²) in [6, 6.07) is 0.407. The fourth-order valence-electron chi connectivity index (χ4n) is 2.03. The first-order valence-electron chi connectivity index (χ1n) is 6.92. The van der Waals surface area contributed by atoms with Crippen LogP contribution in [-0.4, -0.2) is 68.6 Å². The first-order chi connectivity index (χ1) is 8.86. The Bertz CT molecular complexity index is 351. The average Bonchev–Trinajstić information content (AvgIpc) is 2.38. The minimum atomic E-state index is -3.36. The molecule has 0 aromatic carbocycles. The van der Waals surface area contributed by atoms with Crippen molar-refractivity contribution in [2.45, 2.75) is 32.7 Å². The zero-order valence-corrected chi connectivity index (χ0v) is 13.0. The number of aliphatic hydroxyl groups is 1. The Morgan fingerprint density at radius 2 is 1.95 bits per heavy atom. The van der Waals surface area contributed by atoms with Gasteiger partial charge in [-0.25, -0.2) is 4.72 Å². The SMILES string of the molecule is CC(C)N(C)CCNS(=O)(=O)N1CCC(CO)CC1. The highest BCUT2D eigenvalue weighted by Crippen LogP contribution is 2.18. The predicted molar refractivity (Wildman–Crippen MR) is 76.1 cm³/mol. The highest BCUT2D eigenvalue weighted by atomic mass is 32.2. The fraction of sp³-hybridized carbons (Fsp3) is 1.00. The highest BCUT2D eigenvalue weighted by Gasteiger charge is 2.27. The molecular weight excluding hydrogens is 266 g/mol. The van der Waals surface area contributed by atoms with Crippen molar-refractivity contribution >= 4 is 10.2 Å². The maximum atomic E-state index is 12.1. The third-order valence-electron chi connectivity index (χ3n) is 3.80. The molecule has 1 rings (SSSR count). The lowest BCUT2D eigenvalue weighted by Gasteiger charge is -2.30. The third-order valence-corrected chi connectivity index (χ3v) is 5.42. The van der Waals surface area contributed by atoms with Crippen molar-refractivity contribution in [1.82, 2.24) is 13.9 Å². The number of nitrogens with one attached hydrogen (secondary N) is 1. The van der Waals surface area contributed by atoms with E-state index in [0.29, 0.717) is 32.2 Å². The molecule has 7 heteroatoms. The first kappa shape index (κ1) is 16.8. The summed E-state index contributed by atoms with van der Waals surface area (Å²) in [5, 5.41) is 9.05. The van der Waals surface area contributed by atoms with Crippen LogP contribution in [0.25, 0.3) is 0 Å². The molecule has 0 bridgehead atoms. The molecule has 0 spiro atoms. The summed E-state index contributed by atoms with van der Waals surface area (Å²) in [5.74, 6) is 0.249. The van der Waals surface area contributed by atoms with Gasteiger partial charge in [-0.3, -0.25) is 0 Å². The van der Waals surface area contributed by atoms with E-state index in [1.807, 2.05) is 7.05 Å². The number of aliphatic hydroxyl groups excluding tert-OH is 1. The molecule has 0 aliphatic carbocycles. The van der Waals surface area contributed by atoms with E-state index in [1.165, 1.54) is 4.31 Å². The van der Waals surface area contributed by atoms with Crippen molar-refractivity contribution in [2.24, 2.45) is 5.92 Å². The molecule has 0 saturated carbocycles. The number of nitrogens with zero attached hydrogens (tertiary/aromatic N) is 2. The van der Waals surface area contributed by atoms with Gasteiger partial charge >= 0.3 is 0 Å². The van der Waals surface area contributed by atoms with Crippen LogP contribution in [0.4, 0.5) is 0 Å². The van der Waals surface area contributed by atoms with Gasteiger partial charge in [0.2, 0.25) is 0 Å². The molecule has 0 aromatic rings. The van der Waals surface area contributed by atoms with Gasteiger partial charge in [-0.1, -0.05) is 0 Å². The van der Waals surface area contributed by atoms with Crippen LogP contribution in [0.2, 0.25) is 0 Å².